The molecule has 4 aromatic rings. The van der Waals surface area contributed by atoms with Crippen molar-refractivity contribution in [1.82, 2.24) is 0 Å². The van der Waals surface area contributed by atoms with Crippen LogP contribution in [-0.2, 0) is 17.6 Å². The zero-order chi connectivity index (χ0) is 20.8. The van der Waals surface area contributed by atoms with Crippen molar-refractivity contribution in [3.8, 4) is 10.4 Å². The van der Waals surface area contributed by atoms with Crippen LogP contribution >= 0.6 is 11.3 Å². The average molecular weight is 415 g/mol. The van der Waals surface area contributed by atoms with Gasteiger partial charge >= 0.3 is 5.97 Å². The van der Waals surface area contributed by atoms with Gasteiger partial charge in [0, 0.05) is 4.88 Å². The minimum absolute atomic E-state index is 0.294. The average Bonchev–Trinajstić information content (AvgIpc) is 3.31. The standard InChI is InChI=1S/C27H26O2S/c28-27(29)24(10-4-9-22-8-3-7-21-6-1-2-11-25(21)22)18-15-20-13-16-23(17-14-20)26-12-5-19-30-26/h1-3,5-8,11-14,16-17,19,24H,4,9-10,15,18H2,(H,28,29). The molecule has 0 saturated carbocycles. The summed E-state index contributed by atoms with van der Waals surface area (Å²) < 4.78 is 0. The molecule has 3 aromatic carbocycles. The maximum absolute atomic E-state index is 11.8. The van der Waals surface area contributed by atoms with Crippen molar-refractivity contribution in [3.63, 3.8) is 0 Å². The van der Waals surface area contributed by atoms with E-state index in [1.54, 1.807) is 11.3 Å². The lowest BCUT2D eigenvalue weighted by Gasteiger charge is -2.13. The molecule has 1 aromatic heterocycles. The van der Waals surface area contributed by atoms with Gasteiger partial charge in [-0.3, -0.25) is 4.79 Å². The number of aryl methyl sites for hydroxylation is 2. The zero-order valence-corrected chi connectivity index (χ0v) is 17.8. The fourth-order valence-electron chi connectivity index (χ4n) is 4.06. The number of aliphatic carboxylic acids is 1. The van der Waals surface area contributed by atoms with E-state index in [0.717, 1.165) is 19.3 Å². The summed E-state index contributed by atoms with van der Waals surface area (Å²) in [5.74, 6) is -0.972. The predicted molar refractivity (Wildman–Crippen MR) is 126 cm³/mol. The van der Waals surface area contributed by atoms with Crippen LogP contribution in [0, 0.1) is 5.92 Å². The summed E-state index contributed by atoms with van der Waals surface area (Å²) in [4.78, 5) is 13.0. The molecule has 1 unspecified atom stereocenters. The van der Waals surface area contributed by atoms with Crippen LogP contribution in [-0.4, -0.2) is 11.1 Å². The van der Waals surface area contributed by atoms with Crippen molar-refractivity contribution >= 4 is 28.1 Å². The molecule has 0 radical (unpaired) electrons. The van der Waals surface area contributed by atoms with Crippen LogP contribution in [0.25, 0.3) is 21.2 Å². The second kappa shape index (κ2) is 9.73. The van der Waals surface area contributed by atoms with E-state index >= 15 is 0 Å². The fraction of sp³-hybridized carbons (Fsp3) is 0.222. The molecule has 3 heteroatoms. The van der Waals surface area contributed by atoms with E-state index in [1.807, 2.05) is 0 Å². The fourth-order valence-corrected chi connectivity index (χ4v) is 4.79. The van der Waals surface area contributed by atoms with Crippen molar-refractivity contribution in [2.24, 2.45) is 5.92 Å². The minimum Gasteiger partial charge on any atom is -0.481 e. The lowest BCUT2D eigenvalue weighted by Crippen LogP contribution is -2.15. The van der Waals surface area contributed by atoms with Crippen LogP contribution in [0.5, 0.6) is 0 Å². The highest BCUT2D eigenvalue weighted by molar-refractivity contribution is 7.13. The van der Waals surface area contributed by atoms with Crippen molar-refractivity contribution in [2.75, 3.05) is 0 Å². The van der Waals surface area contributed by atoms with Gasteiger partial charge in [-0.05, 0) is 71.0 Å². The molecule has 4 rings (SSSR count). The van der Waals surface area contributed by atoms with Gasteiger partial charge in [0.1, 0.15) is 0 Å². The topological polar surface area (TPSA) is 37.3 Å². The van der Waals surface area contributed by atoms with Crippen LogP contribution in [0.15, 0.2) is 84.2 Å². The number of hydrogen-bond acceptors (Lipinski definition) is 2. The quantitative estimate of drug-likeness (QED) is 0.314. The van der Waals surface area contributed by atoms with Gasteiger partial charge in [-0.1, -0.05) is 72.8 Å². The third-order valence-electron chi connectivity index (χ3n) is 5.77. The summed E-state index contributed by atoms with van der Waals surface area (Å²) >= 11 is 1.73. The van der Waals surface area contributed by atoms with E-state index in [-0.39, 0.29) is 5.92 Å². The first-order valence-corrected chi connectivity index (χ1v) is 11.4. The van der Waals surface area contributed by atoms with Gasteiger partial charge in [-0.25, -0.2) is 0 Å². The Balaban J connectivity index is 1.32. The van der Waals surface area contributed by atoms with E-state index in [4.69, 9.17) is 0 Å². The second-order valence-electron chi connectivity index (χ2n) is 7.78. The van der Waals surface area contributed by atoms with Crippen molar-refractivity contribution in [2.45, 2.75) is 32.1 Å². The summed E-state index contributed by atoms with van der Waals surface area (Å²) in [6, 6.07) is 27.5. The number of thiophene rings is 1. The van der Waals surface area contributed by atoms with Crippen molar-refractivity contribution < 1.29 is 9.90 Å². The van der Waals surface area contributed by atoms with Gasteiger partial charge in [0.25, 0.3) is 0 Å². The van der Waals surface area contributed by atoms with Crippen LogP contribution in [0.1, 0.15) is 30.4 Å². The van der Waals surface area contributed by atoms with Gasteiger partial charge in [0.15, 0.2) is 0 Å². The molecule has 0 aliphatic carbocycles. The Bertz CT molecular complexity index is 1090. The number of carboxylic acid groups (broad SMARTS) is 1. The molecule has 0 fully saturated rings. The first-order valence-electron chi connectivity index (χ1n) is 10.5. The second-order valence-corrected chi connectivity index (χ2v) is 8.73. The van der Waals surface area contributed by atoms with E-state index in [0.29, 0.717) is 12.8 Å². The maximum atomic E-state index is 11.8. The monoisotopic (exact) mass is 414 g/mol. The smallest absolute Gasteiger partial charge is 0.306 e. The van der Waals surface area contributed by atoms with Crippen LogP contribution in [0.2, 0.25) is 0 Å². The highest BCUT2D eigenvalue weighted by Gasteiger charge is 2.17. The molecule has 1 heterocycles. The summed E-state index contributed by atoms with van der Waals surface area (Å²) in [7, 11) is 0. The van der Waals surface area contributed by atoms with Crippen molar-refractivity contribution in [1.29, 1.82) is 0 Å². The number of fused-ring (bicyclic) bond motifs is 1. The summed E-state index contributed by atoms with van der Waals surface area (Å²) in [6.07, 6.45) is 4.01. The summed E-state index contributed by atoms with van der Waals surface area (Å²) in [5, 5.41) is 14.3. The van der Waals surface area contributed by atoms with E-state index in [2.05, 4.69) is 84.2 Å². The van der Waals surface area contributed by atoms with Gasteiger partial charge in [-0.2, -0.15) is 0 Å². The van der Waals surface area contributed by atoms with E-state index < -0.39 is 5.97 Å². The normalized spacial score (nSPS) is 12.1. The first-order chi connectivity index (χ1) is 14.7. The molecule has 0 aliphatic heterocycles. The molecule has 0 amide bonds. The highest BCUT2D eigenvalue weighted by atomic mass is 32.1. The van der Waals surface area contributed by atoms with Crippen molar-refractivity contribution in [3.05, 3.63) is 95.4 Å². The number of carboxylic acids is 1. The van der Waals surface area contributed by atoms with E-state index in [1.165, 1.54) is 32.3 Å². The summed E-state index contributed by atoms with van der Waals surface area (Å²) in [5.41, 5.74) is 3.73. The molecular formula is C27H26O2S. The highest BCUT2D eigenvalue weighted by Crippen LogP contribution is 2.26. The molecule has 0 bridgehead atoms. The predicted octanol–water partition coefficient (Wildman–Crippen LogP) is 7.22. The Morgan fingerprint density at radius 3 is 2.40 bits per heavy atom. The Morgan fingerprint density at radius 1 is 0.833 bits per heavy atom. The number of hydrogen-bond donors (Lipinski definition) is 1. The molecule has 0 saturated heterocycles. The lowest BCUT2D eigenvalue weighted by molar-refractivity contribution is -0.142. The zero-order valence-electron chi connectivity index (χ0n) is 17.0. The Hall–Kier alpha value is -2.91. The SMILES string of the molecule is O=C(O)C(CCCc1cccc2ccccc12)CCc1ccc(-c2cccs2)cc1. The third-order valence-corrected chi connectivity index (χ3v) is 6.69. The largest absolute Gasteiger partial charge is 0.481 e. The molecule has 2 nitrogen and oxygen atoms in total. The van der Waals surface area contributed by atoms with Crippen LogP contribution in [0.3, 0.4) is 0 Å². The molecule has 0 spiro atoms. The molecule has 1 atom stereocenters. The summed E-state index contributed by atoms with van der Waals surface area (Å²) in [6.45, 7) is 0. The molecule has 30 heavy (non-hydrogen) atoms. The van der Waals surface area contributed by atoms with Crippen LogP contribution < -0.4 is 0 Å². The molecule has 152 valence electrons. The third kappa shape index (κ3) is 4.98. The number of carbonyl (C=O) groups is 1. The molecule has 0 aliphatic rings. The Labute approximate surface area is 181 Å². The first kappa shape index (κ1) is 20.4. The Kier molecular flexibility index (Phi) is 6.60. The lowest BCUT2D eigenvalue weighted by atomic mass is 9.92. The van der Waals surface area contributed by atoms with Gasteiger partial charge in [0.2, 0.25) is 0 Å². The maximum Gasteiger partial charge on any atom is 0.306 e. The van der Waals surface area contributed by atoms with Gasteiger partial charge < -0.3 is 5.11 Å². The van der Waals surface area contributed by atoms with Crippen LogP contribution in [0.4, 0.5) is 0 Å². The Morgan fingerprint density at radius 2 is 1.63 bits per heavy atom. The molecule has 1 N–H and O–H groups in total. The minimum atomic E-state index is -0.678. The number of benzene rings is 3. The van der Waals surface area contributed by atoms with E-state index in [9.17, 15) is 9.90 Å². The van der Waals surface area contributed by atoms with Gasteiger partial charge in [0.05, 0.1) is 5.92 Å². The number of rotatable bonds is 9. The molecular weight excluding hydrogens is 388 g/mol. The van der Waals surface area contributed by atoms with Gasteiger partial charge in [-0.15, -0.1) is 11.3 Å².